The van der Waals surface area contributed by atoms with Crippen LogP contribution in [-0.4, -0.2) is 38.4 Å². The van der Waals surface area contributed by atoms with Crippen LogP contribution in [0.5, 0.6) is 11.5 Å². The van der Waals surface area contributed by atoms with Crippen molar-refractivity contribution in [3.8, 4) is 11.5 Å². The van der Waals surface area contributed by atoms with E-state index in [9.17, 15) is 9.59 Å². The second-order valence-corrected chi connectivity index (χ2v) is 8.10. The van der Waals surface area contributed by atoms with E-state index in [1.165, 1.54) is 11.1 Å². The zero-order chi connectivity index (χ0) is 24.5. The molecule has 34 heavy (non-hydrogen) atoms. The fourth-order valence-electron chi connectivity index (χ4n) is 3.98. The Kier molecular flexibility index (Phi) is 9.14. The number of carbonyl (C=O) groups is 2. The highest BCUT2D eigenvalue weighted by Crippen LogP contribution is 2.44. The van der Waals surface area contributed by atoms with E-state index in [1.54, 1.807) is 0 Å². The molecule has 0 saturated heterocycles. The lowest BCUT2D eigenvalue weighted by molar-refractivity contribution is -0.146. The molecule has 0 unspecified atom stereocenters. The van der Waals surface area contributed by atoms with Crippen LogP contribution in [0.25, 0.3) is 21.5 Å². The van der Waals surface area contributed by atoms with Crippen molar-refractivity contribution in [3.63, 3.8) is 0 Å². The first-order valence-electron chi connectivity index (χ1n) is 12.1. The number of ether oxygens (including phenoxy) is 4. The zero-order valence-corrected chi connectivity index (χ0v) is 20.6. The van der Waals surface area contributed by atoms with Gasteiger partial charge in [0.25, 0.3) is 0 Å². The summed E-state index contributed by atoms with van der Waals surface area (Å²) < 4.78 is 22.6. The van der Waals surface area contributed by atoms with Crippen LogP contribution < -0.4 is 9.47 Å². The molecule has 0 atom stereocenters. The lowest BCUT2D eigenvalue weighted by atomic mass is 9.93. The molecule has 3 aromatic carbocycles. The number of fused-ring (bicyclic) bond motifs is 2. The highest BCUT2D eigenvalue weighted by Gasteiger charge is 2.20. The smallest absolute Gasteiger partial charge is 0.344 e. The number of benzene rings is 3. The van der Waals surface area contributed by atoms with Gasteiger partial charge in [-0.15, -0.1) is 0 Å². The molecule has 6 heteroatoms. The van der Waals surface area contributed by atoms with Gasteiger partial charge in [-0.05, 0) is 48.9 Å². The Morgan fingerprint density at radius 1 is 0.647 bits per heavy atom. The standard InChI is InChI=1S/C28H34O6/c1-5-13-31-25(29)17-33-27-21-11-9-10-12-22(21)28(34-18-26(30)32-14-6-2)24-16-20(8-4)19(7-3)15-23(24)27/h9-12,15-16H,5-8,13-14,17-18H2,1-4H3. The maximum absolute atomic E-state index is 12.2. The van der Waals surface area contributed by atoms with Gasteiger partial charge in [-0.25, -0.2) is 9.59 Å². The van der Waals surface area contributed by atoms with Crippen LogP contribution in [0.2, 0.25) is 0 Å². The Morgan fingerprint density at radius 2 is 1.06 bits per heavy atom. The predicted octanol–water partition coefficient (Wildman–Crippen LogP) is 5.78. The van der Waals surface area contributed by atoms with E-state index >= 15 is 0 Å². The molecule has 3 rings (SSSR count). The van der Waals surface area contributed by atoms with Crippen LogP contribution >= 0.6 is 0 Å². The molecule has 0 fully saturated rings. The van der Waals surface area contributed by atoms with Gasteiger partial charge in [0.2, 0.25) is 0 Å². The second kappa shape index (κ2) is 12.3. The summed E-state index contributed by atoms with van der Waals surface area (Å²) in [5.74, 6) is 0.410. The van der Waals surface area contributed by atoms with Crippen molar-refractivity contribution < 1.29 is 28.5 Å². The highest BCUT2D eigenvalue weighted by molar-refractivity contribution is 6.11. The maximum Gasteiger partial charge on any atom is 0.344 e. The number of aryl methyl sites for hydroxylation is 2. The van der Waals surface area contributed by atoms with Crippen LogP contribution in [0.1, 0.15) is 51.7 Å². The molecule has 0 aliphatic carbocycles. The molecule has 0 aromatic heterocycles. The average Bonchev–Trinajstić information content (AvgIpc) is 2.87. The van der Waals surface area contributed by atoms with Crippen LogP contribution in [0.4, 0.5) is 0 Å². The SMILES string of the molecule is CCCOC(=O)COc1c2ccccc2c(OCC(=O)OCCC)c2cc(CC)c(CC)cc12. The van der Waals surface area contributed by atoms with Gasteiger partial charge in [0.1, 0.15) is 11.5 Å². The Balaban J connectivity index is 2.14. The summed E-state index contributed by atoms with van der Waals surface area (Å²) in [6.07, 6.45) is 3.24. The minimum atomic E-state index is -0.404. The second-order valence-electron chi connectivity index (χ2n) is 8.10. The van der Waals surface area contributed by atoms with Gasteiger partial charge in [0, 0.05) is 21.5 Å². The predicted molar refractivity (Wildman–Crippen MR) is 134 cm³/mol. The molecular weight excluding hydrogens is 432 g/mol. The number of hydrogen-bond acceptors (Lipinski definition) is 6. The van der Waals surface area contributed by atoms with Gasteiger partial charge < -0.3 is 18.9 Å². The van der Waals surface area contributed by atoms with E-state index in [0.29, 0.717) is 24.7 Å². The molecule has 0 aliphatic heterocycles. The molecule has 0 bridgehead atoms. The van der Waals surface area contributed by atoms with Gasteiger partial charge in [-0.1, -0.05) is 52.0 Å². The van der Waals surface area contributed by atoms with Crippen molar-refractivity contribution in [2.75, 3.05) is 26.4 Å². The lowest BCUT2D eigenvalue weighted by Crippen LogP contribution is -2.16. The quantitative estimate of drug-likeness (QED) is 0.249. The van der Waals surface area contributed by atoms with Crippen LogP contribution in [-0.2, 0) is 31.9 Å². The monoisotopic (exact) mass is 466 g/mol. The Labute approximate surface area is 201 Å². The first kappa shape index (κ1) is 25.3. The van der Waals surface area contributed by atoms with Crippen molar-refractivity contribution in [1.82, 2.24) is 0 Å². The third-order valence-electron chi connectivity index (χ3n) is 5.61. The number of rotatable bonds is 12. The molecule has 0 saturated carbocycles. The maximum atomic E-state index is 12.2. The molecule has 0 spiro atoms. The lowest BCUT2D eigenvalue weighted by Gasteiger charge is -2.19. The van der Waals surface area contributed by atoms with Crippen LogP contribution in [0.15, 0.2) is 36.4 Å². The summed E-state index contributed by atoms with van der Waals surface area (Å²) in [6, 6.07) is 11.9. The fourth-order valence-corrected chi connectivity index (χ4v) is 3.98. The van der Waals surface area contributed by atoms with E-state index in [0.717, 1.165) is 47.2 Å². The topological polar surface area (TPSA) is 71.1 Å². The molecule has 3 aromatic rings. The van der Waals surface area contributed by atoms with Gasteiger partial charge in [0.05, 0.1) is 13.2 Å². The molecular formula is C28H34O6. The first-order chi connectivity index (χ1) is 16.5. The highest BCUT2D eigenvalue weighted by atomic mass is 16.6. The van der Waals surface area contributed by atoms with E-state index in [1.807, 2.05) is 38.1 Å². The summed E-state index contributed by atoms with van der Waals surface area (Å²) in [4.78, 5) is 24.4. The third kappa shape index (κ3) is 5.79. The zero-order valence-electron chi connectivity index (χ0n) is 20.6. The van der Waals surface area contributed by atoms with Crippen LogP contribution in [0, 0.1) is 0 Å². The number of esters is 2. The first-order valence-corrected chi connectivity index (χ1v) is 12.1. The minimum absolute atomic E-state index is 0.181. The van der Waals surface area contributed by atoms with Crippen molar-refractivity contribution in [2.24, 2.45) is 0 Å². The summed E-state index contributed by atoms with van der Waals surface area (Å²) in [7, 11) is 0. The van der Waals surface area contributed by atoms with E-state index in [-0.39, 0.29) is 13.2 Å². The Bertz CT molecular complexity index is 1060. The fraction of sp³-hybridized carbons (Fsp3) is 0.429. The molecule has 0 aliphatic rings. The van der Waals surface area contributed by atoms with Crippen LogP contribution in [0.3, 0.4) is 0 Å². The summed E-state index contributed by atoms with van der Waals surface area (Å²) >= 11 is 0. The third-order valence-corrected chi connectivity index (χ3v) is 5.61. The number of hydrogen-bond donors (Lipinski definition) is 0. The van der Waals surface area contributed by atoms with Crippen molar-refractivity contribution in [2.45, 2.75) is 53.4 Å². The van der Waals surface area contributed by atoms with Gasteiger partial charge >= 0.3 is 11.9 Å². The number of carbonyl (C=O) groups excluding carboxylic acids is 2. The van der Waals surface area contributed by atoms with E-state index in [4.69, 9.17) is 18.9 Å². The summed E-state index contributed by atoms with van der Waals surface area (Å²) in [6.45, 7) is 8.50. The molecule has 0 heterocycles. The van der Waals surface area contributed by atoms with Gasteiger partial charge in [0.15, 0.2) is 13.2 Å². The Morgan fingerprint density at radius 3 is 1.41 bits per heavy atom. The van der Waals surface area contributed by atoms with Gasteiger partial charge in [-0.3, -0.25) is 0 Å². The van der Waals surface area contributed by atoms with E-state index < -0.39 is 11.9 Å². The molecule has 6 nitrogen and oxygen atoms in total. The summed E-state index contributed by atoms with van der Waals surface area (Å²) in [5, 5.41) is 3.30. The average molecular weight is 467 g/mol. The van der Waals surface area contributed by atoms with Crippen molar-refractivity contribution >= 4 is 33.5 Å². The van der Waals surface area contributed by atoms with Gasteiger partial charge in [-0.2, -0.15) is 0 Å². The molecule has 182 valence electrons. The normalized spacial score (nSPS) is 10.9. The van der Waals surface area contributed by atoms with Crippen molar-refractivity contribution in [3.05, 3.63) is 47.5 Å². The van der Waals surface area contributed by atoms with Crippen molar-refractivity contribution in [1.29, 1.82) is 0 Å². The Hall–Kier alpha value is -3.28. The van der Waals surface area contributed by atoms with E-state index in [2.05, 4.69) is 26.0 Å². The molecule has 0 N–H and O–H groups in total. The summed E-state index contributed by atoms with van der Waals surface area (Å²) in [5.41, 5.74) is 2.41. The largest absolute Gasteiger partial charge is 0.481 e. The molecule has 0 amide bonds. The minimum Gasteiger partial charge on any atom is -0.481 e. The molecule has 0 radical (unpaired) electrons.